The lowest BCUT2D eigenvalue weighted by Crippen LogP contribution is -2.38. The van der Waals surface area contributed by atoms with Crippen LogP contribution < -0.4 is 10.6 Å². The average Bonchev–Trinajstić information content (AvgIpc) is 2.88. The molecular weight excluding hydrogens is 258 g/mol. The highest BCUT2D eigenvalue weighted by molar-refractivity contribution is 5.59. The fourth-order valence-electron chi connectivity index (χ4n) is 3.82. The minimum atomic E-state index is 0.139. The van der Waals surface area contributed by atoms with Gasteiger partial charge >= 0.3 is 0 Å². The van der Waals surface area contributed by atoms with Crippen molar-refractivity contribution in [1.82, 2.24) is 4.90 Å². The Kier molecular flexibility index (Phi) is 4.51. The molecule has 1 aromatic rings. The van der Waals surface area contributed by atoms with Crippen LogP contribution in [0.5, 0.6) is 0 Å². The molecule has 0 aromatic heterocycles. The summed E-state index contributed by atoms with van der Waals surface area (Å²) in [5.41, 5.74) is 10.2. The zero-order valence-electron chi connectivity index (χ0n) is 13.5. The third-order valence-corrected chi connectivity index (χ3v) is 5.27. The van der Waals surface area contributed by atoms with Gasteiger partial charge < -0.3 is 15.5 Å². The molecule has 1 fully saturated rings. The van der Waals surface area contributed by atoms with E-state index >= 15 is 0 Å². The van der Waals surface area contributed by atoms with E-state index in [4.69, 9.17) is 5.73 Å². The molecule has 0 radical (unpaired) electrons. The van der Waals surface area contributed by atoms with Crippen molar-refractivity contribution >= 4 is 5.69 Å². The fourth-order valence-corrected chi connectivity index (χ4v) is 3.82. The zero-order chi connectivity index (χ0) is 14.8. The number of rotatable bonds is 4. The molecule has 0 saturated carbocycles. The van der Waals surface area contributed by atoms with Gasteiger partial charge in [0.2, 0.25) is 0 Å². The van der Waals surface area contributed by atoms with Crippen molar-refractivity contribution in [2.75, 3.05) is 31.6 Å². The van der Waals surface area contributed by atoms with Gasteiger partial charge in [0.05, 0.1) is 0 Å². The molecule has 0 bridgehead atoms. The molecule has 1 saturated heterocycles. The highest BCUT2D eigenvalue weighted by Crippen LogP contribution is 2.31. The summed E-state index contributed by atoms with van der Waals surface area (Å²) < 4.78 is 0. The second-order valence-corrected chi connectivity index (χ2v) is 6.83. The number of hydrogen-bond donors (Lipinski definition) is 1. The number of likely N-dealkylation sites (tertiary alicyclic amines) is 1. The Hall–Kier alpha value is -1.06. The summed E-state index contributed by atoms with van der Waals surface area (Å²) >= 11 is 0. The van der Waals surface area contributed by atoms with Crippen LogP contribution in [0.15, 0.2) is 18.2 Å². The van der Waals surface area contributed by atoms with E-state index in [0.717, 1.165) is 6.04 Å². The number of nitrogens with zero attached hydrogens (tertiary/aromatic N) is 2. The molecule has 2 heterocycles. The van der Waals surface area contributed by atoms with Crippen LogP contribution >= 0.6 is 0 Å². The fraction of sp³-hybridized carbons (Fsp3) is 0.667. The van der Waals surface area contributed by atoms with Crippen molar-refractivity contribution < 1.29 is 0 Å². The molecular formula is C18H29N3. The van der Waals surface area contributed by atoms with Crippen LogP contribution in [0.1, 0.15) is 49.8 Å². The van der Waals surface area contributed by atoms with Crippen molar-refractivity contribution in [2.45, 2.75) is 51.1 Å². The van der Waals surface area contributed by atoms with Crippen LogP contribution in [-0.4, -0.2) is 37.6 Å². The molecule has 21 heavy (non-hydrogen) atoms. The summed E-state index contributed by atoms with van der Waals surface area (Å²) in [4.78, 5) is 5.13. The molecule has 0 amide bonds. The van der Waals surface area contributed by atoms with E-state index in [-0.39, 0.29) is 6.04 Å². The van der Waals surface area contributed by atoms with E-state index in [1.807, 2.05) is 0 Å². The van der Waals surface area contributed by atoms with Crippen molar-refractivity contribution in [3.8, 4) is 0 Å². The number of hydrogen-bond acceptors (Lipinski definition) is 3. The molecule has 1 aromatic carbocycles. The maximum atomic E-state index is 5.99. The van der Waals surface area contributed by atoms with Gasteiger partial charge in [-0.3, -0.25) is 0 Å². The Morgan fingerprint density at radius 1 is 1.29 bits per heavy atom. The second-order valence-electron chi connectivity index (χ2n) is 6.83. The summed E-state index contributed by atoms with van der Waals surface area (Å²) in [6.45, 7) is 5.71. The Bertz CT molecular complexity index is 483. The number of fused-ring (bicyclic) bond motifs is 1. The van der Waals surface area contributed by atoms with Gasteiger partial charge in [0.25, 0.3) is 0 Å². The number of benzene rings is 1. The molecule has 2 unspecified atom stereocenters. The average molecular weight is 287 g/mol. The van der Waals surface area contributed by atoms with Gasteiger partial charge in [-0.15, -0.1) is 0 Å². The highest BCUT2D eigenvalue weighted by Gasteiger charge is 2.23. The van der Waals surface area contributed by atoms with Crippen LogP contribution in [0.25, 0.3) is 0 Å². The molecule has 0 aliphatic carbocycles. The van der Waals surface area contributed by atoms with E-state index < -0.39 is 0 Å². The molecule has 3 rings (SSSR count). The molecule has 3 heteroatoms. The molecule has 116 valence electrons. The summed E-state index contributed by atoms with van der Waals surface area (Å²) in [6.07, 6.45) is 6.63. The van der Waals surface area contributed by atoms with E-state index in [2.05, 4.69) is 42.0 Å². The zero-order valence-corrected chi connectivity index (χ0v) is 13.5. The Labute approximate surface area is 129 Å². The Balaban J connectivity index is 1.62. The number of piperidine rings is 1. The molecule has 2 aliphatic rings. The quantitative estimate of drug-likeness (QED) is 0.924. The normalized spacial score (nSPS) is 24.1. The van der Waals surface area contributed by atoms with Gasteiger partial charge in [0.1, 0.15) is 0 Å². The minimum Gasteiger partial charge on any atom is -0.371 e. The van der Waals surface area contributed by atoms with Gasteiger partial charge in [-0.1, -0.05) is 18.6 Å². The van der Waals surface area contributed by atoms with Crippen molar-refractivity contribution in [1.29, 1.82) is 0 Å². The van der Waals surface area contributed by atoms with E-state index in [9.17, 15) is 0 Å². The Morgan fingerprint density at radius 2 is 2.14 bits per heavy atom. The predicted octanol–water partition coefficient (Wildman–Crippen LogP) is 2.94. The van der Waals surface area contributed by atoms with Crippen LogP contribution in [0.4, 0.5) is 5.69 Å². The topological polar surface area (TPSA) is 32.5 Å². The van der Waals surface area contributed by atoms with E-state index in [0.29, 0.717) is 0 Å². The van der Waals surface area contributed by atoms with Gasteiger partial charge in [-0.25, -0.2) is 0 Å². The first-order chi connectivity index (χ1) is 10.1. The number of anilines is 1. The first-order valence-corrected chi connectivity index (χ1v) is 8.49. The second kappa shape index (κ2) is 6.37. The lowest BCUT2D eigenvalue weighted by atomic mass is 10.00. The first kappa shape index (κ1) is 14.9. The van der Waals surface area contributed by atoms with Crippen LogP contribution in [0.3, 0.4) is 0 Å². The third-order valence-electron chi connectivity index (χ3n) is 5.27. The van der Waals surface area contributed by atoms with Crippen LogP contribution in [-0.2, 0) is 6.42 Å². The standard InChI is InChI=1S/C18H29N3/c1-14(19)15-6-7-18-16(13-15)8-11-21(18)12-9-17-5-3-4-10-20(17)2/h6-7,13-14,17H,3-5,8-12,19H2,1-2H3. The molecule has 2 aliphatic heterocycles. The lowest BCUT2D eigenvalue weighted by Gasteiger charge is -2.34. The highest BCUT2D eigenvalue weighted by atomic mass is 15.2. The van der Waals surface area contributed by atoms with Crippen LogP contribution in [0.2, 0.25) is 0 Å². The van der Waals surface area contributed by atoms with E-state index in [1.165, 1.54) is 68.6 Å². The summed E-state index contributed by atoms with van der Waals surface area (Å²) in [5.74, 6) is 0. The summed E-state index contributed by atoms with van der Waals surface area (Å²) in [7, 11) is 2.29. The molecule has 0 spiro atoms. The largest absolute Gasteiger partial charge is 0.371 e. The lowest BCUT2D eigenvalue weighted by molar-refractivity contribution is 0.178. The van der Waals surface area contributed by atoms with Crippen molar-refractivity contribution in [2.24, 2.45) is 5.73 Å². The van der Waals surface area contributed by atoms with E-state index in [1.54, 1.807) is 0 Å². The third kappa shape index (κ3) is 3.24. The van der Waals surface area contributed by atoms with Crippen molar-refractivity contribution in [3.05, 3.63) is 29.3 Å². The van der Waals surface area contributed by atoms with Crippen LogP contribution in [0, 0.1) is 0 Å². The summed E-state index contributed by atoms with van der Waals surface area (Å²) in [5, 5.41) is 0. The van der Waals surface area contributed by atoms with Gasteiger partial charge in [-0.05, 0) is 63.4 Å². The summed E-state index contributed by atoms with van der Waals surface area (Å²) in [6, 6.07) is 7.72. The molecule has 2 N–H and O–H groups in total. The van der Waals surface area contributed by atoms with Crippen molar-refractivity contribution in [3.63, 3.8) is 0 Å². The first-order valence-electron chi connectivity index (χ1n) is 8.49. The SMILES string of the molecule is CC(N)c1ccc2c(c1)CCN2CCC1CCCCN1C. The van der Waals surface area contributed by atoms with Gasteiger partial charge in [0, 0.05) is 30.9 Å². The van der Waals surface area contributed by atoms with Gasteiger partial charge in [0.15, 0.2) is 0 Å². The molecule has 3 nitrogen and oxygen atoms in total. The monoisotopic (exact) mass is 287 g/mol. The minimum absolute atomic E-state index is 0.139. The maximum Gasteiger partial charge on any atom is 0.0399 e. The Morgan fingerprint density at radius 3 is 2.90 bits per heavy atom. The number of nitrogens with two attached hydrogens (primary N) is 1. The molecule has 2 atom stereocenters. The predicted molar refractivity (Wildman–Crippen MR) is 89.8 cm³/mol. The maximum absolute atomic E-state index is 5.99. The smallest absolute Gasteiger partial charge is 0.0399 e. The van der Waals surface area contributed by atoms with Gasteiger partial charge in [-0.2, -0.15) is 0 Å².